The Balaban J connectivity index is 1.86. The molecule has 0 heterocycles. The summed E-state index contributed by atoms with van der Waals surface area (Å²) in [5.74, 6) is -0.0231. The lowest BCUT2D eigenvalue weighted by Crippen LogP contribution is -2.42. The summed E-state index contributed by atoms with van der Waals surface area (Å²) < 4.78 is 0. The molecule has 25 heavy (non-hydrogen) atoms. The number of carbonyl (C=O) groups excluding carboxylic acids is 1. The van der Waals surface area contributed by atoms with Crippen molar-refractivity contribution in [2.24, 2.45) is 0 Å². The summed E-state index contributed by atoms with van der Waals surface area (Å²) in [5, 5.41) is 15.9. The standard InChI is InChI=1S/C21H28N2O2/c1-15-8-7-11-20(17(15)3)23-21(25)12-16(2)22-19(14-24)13-18-9-5-4-6-10-18/h4-11,16,19,22,24H,12-14H2,1-3H3,(H,23,25). The Hall–Kier alpha value is -2.17. The van der Waals surface area contributed by atoms with Gasteiger partial charge >= 0.3 is 0 Å². The number of benzene rings is 2. The maximum absolute atomic E-state index is 12.3. The fourth-order valence-electron chi connectivity index (χ4n) is 2.90. The minimum absolute atomic E-state index is 0.0222. The van der Waals surface area contributed by atoms with Crippen molar-refractivity contribution >= 4 is 11.6 Å². The van der Waals surface area contributed by atoms with Crippen molar-refractivity contribution in [1.82, 2.24) is 5.32 Å². The van der Waals surface area contributed by atoms with E-state index in [9.17, 15) is 9.90 Å². The van der Waals surface area contributed by atoms with E-state index in [1.807, 2.05) is 69.3 Å². The molecule has 0 saturated heterocycles. The topological polar surface area (TPSA) is 61.4 Å². The molecule has 4 heteroatoms. The zero-order valence-electron chi connectivity index (χ0n) is 15.3. The lowest BCUT2D eigenvalue weighted by atomic mass is 10.0. The van der Waals surface area contributed by atoms with Crippen LogP contribution in [0.3, 0.4) is 0 Å². The number of aryl methyl sites for hydroxylation is 1. The second-order valence-corrected chi connectivity index (χ2v) is 6.64. The fraction of sp³-hybridized carbons (Fsp3) is 0.381. The van der Waals surface area contributed by atoms with Crippen LogP contribution in [-0.4, -0.2) is 29.7 Å². The molecule has 2 atom stereocenters. The third-order valence-electron chi connectivity index (χ3n) is 4.44. The van der Waals surface area contributed by atoms with Gasteiger partial charge in [-0.15, -0.1) is 0 Å². The molecule has 134 valence electrons. The fourth-order valence-corrected chi connectivity index (χ4v) is 2.90. The SMILES string of the molecule is Cc1cccc(NC(=O)CC(C)NC(CO)Cc2ccccc2)c1C. The predicted molar refractivity (Wildman–Crippen MR) is 103 cm³/mol. The van der Waals surface area contributed by atoms with Crippen LogP contribution in [0.25, 0.3) is 0 Å². The van der Waals surface area contributed by atoms with Crippen molar-refractivity contribution in [3.8, 4) is 0 Å². The molecular weight excluding hydrogens is 312 g/mol. The van der Waals surface area contributed by atoms with Crippen LogP contribution in [0, 0.1) is 13.8 Å². The first-order valence-electron chi connectivity index (χ1n) is 8.76. The van der Waals surface area contributed by atoms with Crippen LogP contribution in [0.4, 0.5) is 5.69 Å². The highest BCUT2D eigenvalue weighted by Crippen LogP contribution is 2.18. The lowest BCUT2D eigenvalue weighted by molar-refractivity contribution is -0.116. The lowest BCUT2D eigenvalue weighted by Gasteiger charge is -2.22. The molecular formula is C21H28N2O2. The molecule has 0 radical (unpaired) electrons. The monoisotopic (exact) mass is 340 g/mol. The van der Waals surface area contributed by atoms with Gasteiger partial charge < -0.3 is 15.7 Å². The zero-order valence-corrected chi connectivity index (χ0v) is 15.3. The number of nitrogens with one attached hydrogen (secondary N) is 2. The number of aliphatic hydroxyl groups excluding tert-OH is 1. The summed E-state index contributed by atoms with van der Waals surface area (Å²) in [4.78, 5) is 12.3. The molecule has 3 N–H and O–H groups in total. The highest BCUT2D eigenvalue weighted by atomic mass is 16.3. The van der Waals surface area contributed by atoms with Gasteiger partial charge in [0.25, 0.3) is 0 Å². The van der Waals surface area contributed by atoms with E-state index in [1.54, 1.807) is 0 Å². The molecule has 0 aliphatic heterocycles. The number of amides is 1. The number of rotatable bonds is 8. The van der Waals surface area contributed by atoms with E-state index in [0.29, 0.717) is 6.42 Å². The number of anilines is 1. The van der Waals surface area contributed by atoms with E-state index < -0.39 is 0 Å². The van der Waals surface area contributed by atoms with Gasteiger partial charge in [-0.05, 0) is 49.9 Å². The highest BCUT2D eigenvalue weighted by molar-refractivity contribution is 5.92. The van der Waals surface area contributed by atoms with Gasteiger partial charge in [-0.25, -0.2) is 0 Å². The van der Waals surface area contributed by atoms with Gasteiger partial charge in [-0.2, -0.15) is 0 Å². The average molecular weight is 340 g/mol. The Kier molecular flexibility index (Phi) is 7.16. The van der Waals surface area contributed by atoms with Gasteiger partial charge in [-0.1, -0.05) is 42.5 Å². The molecule has 2 unspecified atom stereocenters. The summed E-state index contributed by atoms with van der Waals surface area (Å²) in [6, 6.07) is 15.9. The Labute approximate surface area is 150 Å². The molecule has 2 rings (SSSR count). The minimum Gasteiger partial charge on any atom is -0.395 e. The first-order chi connectivity index (χ1) is 12.0. The maximum atomic E-state index is 12.3. The average Bonchev–Trinajstić information content (AvgIpc) is 2.59. The summed E-state index contributed by atoms with van der Waals surface area (Å²) in [6.45, 7) is 6.05. The number of carbonyl (C=O) groups is 1. The van der Waals surface area contributed by atoms with Gasteiger partial charge in [0.1, 0.15) is 0 Å². The molecule has 0 spiro atoms. The third-order valence-corrected chi connectivity index (χ3v) is 4.44. The first kappa shape index (κ1) is 19.2. The van der Waals surface area contributed by atoms with Crippen LogP contribution in [-0.2, 0) is 11.2 Å². The number of aliphatic hydroxyl groups is 1. The van der Waals surface area contributed by atoms with E-state index >= 15 is 0 Å². The minimum atomic E-state index is -0.0640. The molecule has 1 amide bonds. The summed E-state index contributed by atoms with van der Waals surface area (Å²) in [7, 11) is 0. The Morgan fingerprint density at radius 2 is 1.80 bits per heavy atom. The van der Waals surface area contributed by atoms with Crippen LogP contribution in [0.15, 0.2) is 48.5 Å². The van der Waals surface area contributed by atoms with Crippen LogP contribution in [0.1, 0.15) is 30.0 Å². The molecule has 0 aliphatic carbocycles. The van der Waals surface area contributed by atoms with Crippen LogP contribution >= 0.6 is 0 Å². The van der Waals surface area contributed by atoms with Gasteiger partial charge in [-0.3, -0.25) is 4.79 Å². The van der Waals surface area contributed by atoms with E-state index in [1.165, 1.54) is 5.56 Å². The first-order valence-corrected chi connectivity index (χ1v) is 8.76. The summed E-state index contributed by atoms with van der Waals surface area (Å²) in [6.07, 6.45) is 1.10. The van der Waals surface area contributed by atoms with Gasteiger partial charge in [0.15, 0.2) is 0 Å². The van der Waals surface area contributed by atoms with E-state index in [-0.39, 0.29) is 24.6 Å². The van der Waals surface area contributed by atoms with Crippen molar-refractivity contribution in [1.29, 1.82) is 0 Å². The molecule has 0 bridgehead atoms. The molecule has 2 aromatic carbocycles. The predicted octanol–water partition coefficient (Wildman–Crippen LogP) is 3.21. The van der Waals surface area contributed by atoms with Gasteiger partial charge in [0, 0.05) is 24.2 Å². The smallest absolute Gasteiger partial charge is 0.225 e. The van der Waals surface area contributed by atoms with Crippen LogP contribution < -0.4 is 10.6 Å². The molecule has 0 aliphatic rings. The van der Waals surface area contributed by atoms with E-state index in [0.717, 1.165) is 23.2 Å². The second-order valence-electron chi connectivity index (χ2n) is 6.64. The van der Waals surface area contributed by atoms with Crippen molar-refractivity contribution in [2.45, 2.75) is 45.7 Å². The molecule has 4 nitrogen and oxygen atoms in total. The summed E-state index contributed by atoms with van der Waals surface area (Å²) >= 11 is 0. The number of hydrogen-bond acceptors (Lipinski definition) is 3. The second kappa shape index (κ2) is 9.35. The quantitative estimate of drug-likeness (QED) is 0.691. The van der Waals surface area contributed by atoms with Crippen LogP contribution in [0.2, 0.25) is 0 Å². The van der Waals surface area contributed by atoms with E-state index in [2.05, 4.69) is 10.6 Å². The van der Waals surface area contributed by atoms with Crippen molar-refractivity contribution < 1.29 is 9.90 Å². The molecule has 2 aromatic rings. The Morgan fingerprint density at radius 1 is 1.08 bits per heavy atom. The normalized spacial score (nSPS) is 13.3. The number of hydrogen-bond donors (Lipinski definition) is 3. The van der Waals surface area contributed by atoms with E-state index in [4.69, 9.17) is 0 Å². The largest absolute Gasteiger partial charge is 0.395 e. The molecule has 0 fully saturated rings. The van der Waals surface area contributed by atoms with Crippen molar-refractivity contribution in [2.75, 3.05) is 11.9 Å². The van der Waals surface area contributed by atoms with Gasteiger partial charge in [0.2, 0.25) is 5.91 Å². The summed E-state index contributed by atoms with van der Waals surface area (Å²) in [5.41, 5.74) is 4.28. The Bertz CT molecular complexity index is 686. The molecule has 0 saturated carbocycles. The van der Waals surface area contributed by atoms with Crippen LogP contribution in [0.5, 0.6) is 0 Å². The highest BCUT2D eigenvalue weighted by Gasteiger charge is 2.15. The maximum Gasteiger partial charge on any atom is 0.225 e. The Morgan fingerprint density at radius 3 is 2.48 bits per heavy atom. The van der Waals surface area contributed by atoms with Gasteiger partial charge in [0.05, 0.1) is 6.61 Å². The zero-order chi connectivity index (χ0) is 18.2. The third kappa shape index (κ3) is 6.00. The van der Waals surface area contributed by atoms with Crippen molar-refractivity contribution in [3.05, 3.63) is 65.2 Å². The van der Waals surface area contributed by atoms with Crippen molar-refractivity contribution in [3.63, 3.8) is 0 Å². The molecule has 0 aromatic heterocycles.